The van der Waals surface area contributed by atoms with E-state index >= 15 is 0 Å². The smallest absolute Gasteiger partial charge is 0.323 e. The average molecular weight is 310 g/mol. The van der Waals surface area contributed by atoms with Gasteiger partial charge in [0, 0.05) is 19.6 Å². The van der Waals surface area contributed by atoms with Crippen molar-refractivity contribution in [2.45, 2.75) is 11.2 Å². The monoisotopic (exact) mass is 310 g/mol. The van der Waals surface area contributed by atoms with E-state index in [1.54, 1.807) is 24.3 Å². The van der Waals surface area contributed by atoms with E-state index in [0.29, 0.717) is 17.6 Å². The third kappa shape index (κ3) is 2.39. The van der Waals surface area contributed by atoms with Gasteiger partial charge in [0.15, 0.2) is 0 Å². The number of aliphatic carboxylic acids is 1. The number of nitrogens with one attached hydrogen (secondary N) is 2. The van der Waals surface area contributed by atoms with E-state index in [9.17, 15) is 18.3 Å². The molecule has 1 atom stereocenters. The number of carboxylic acid groups (broad SMARTS) is 1. The second-order valence-electron chi connectivity index (χ2n) is 4.73. The molecule has 1 saturated heterocycles. The maximum absolute atomic E-state index is 12.6. The van der Waals surface area contributed by atoms with E-state index in [1.165, 1.54) is 0 Å². The molecule has 1 fully saturated rings. The number of aromatic nitrogens is 2. The van der Waals surface area contributed by atoms with Crippen molar-refractivity contribution in [2.75, 3.05) is 19.6 Å². The number of sulfonamides is 1. The summed E-state index contributed by atoms with van der Waals surface area (Å²) in [7, 11) is -3.97. The highest BCUT2D eigenvalue weighted by atomic mass is 32.2. The maximum atomic E-state index is 12.6. The highest BCUT2D eigenvalue weighted by Gasteiger charge is 2.39. The summed E-state index contributed by atoms with van der Waals surface area (Å²) in [5, 5.41) is 11.8. The van der Waals surface area contributed by atoms with Crippen molar-refractivity contribution >= 4 is 27.0 Å². The summed E-state index contributed by atoms with van der Waals surface area (Å²) >= 11 is 0. The van der Waals surface area contributed by atoms with Crippen molar-refractivity contribution in [1.29, 1.82) is 0 Å². The summed E-state index contributed by atoms with van der Waals surface area (Å²) in [6, 6.07) is 5.80. The first kappa shape index (κ1) is 14.0. The molecule has 0 radical (unpaired) electrons. The van der Waals surface area contributed by atoms with Crippen LogP contribution in [-0.2, 0) is 14.8 Å². The average Bonchev–Trinajstić information content (AvgIpc) is 2.92. The number of fused-ring (bicyclic) bond motifs is 1. The largest absolute Gasteiger partial charge is 0.480 e. The lowest BCUT2D eigenvalue weighted by Crippen LogP contribution is -2.56. The Labute approximate surface area is 120 Å². The minimum Gasteiger partial charge on any atom is -0.480 e. The number of rotatable bonds is 3. The van der Waals surface area contributed by atoms with Crippen LogP contribution in [0.15, 0.2) is 29.4 Å². The molecule has 0 spiro atoms. The number of carboxylic acids is 1. The standard InChI is InChI=1S/C12H14N4O4S/c17-11(18)10-7-13-5-6-16(10)21(19,20)12-14-8-3-1-2-4-9(8)15-12/h1-4,10,13H,5-7H2,(H,14,15)(H,17,18). The Morgan fingerprint density at radius 3 is 2.86 bits per heavy atom. The van der Waals surface area contributed by atoms with Crippen LogP contribution in [0.3, 0.4) is 0 Å². The number of nitrogens with zero attached hydrogens (tertiary/aromatic N) is 2. The normalized spacial score (nSPS) is 20.7. The molecule has 3 N–H and O–H groups in total. The molecular formula is C12H14N4O4S. The summed E-state index contributed by atoms with van der Waals surface area (Å²) < 4.78 is 26.2. The zero-order valence-corrected chi connectivity index (χ0v) is 11.8. The zero-order valence-electron chi connectivity index (χ0n) is 11.0. The van der Waals surface area contributed by atoms with Gasteiger partial charge < -0.3 is 15.4 Å². The van der Waals surface area contributed by atoms with Crippen molar-refractivity contribution in [3.8, 4) is 0 Å². The fourth-order valence-electron chi connectivity index (χ4n) is 2.35. The van der Waals surface area contributed by atoms with Crippen molar-refractivity contribution in [1.82, 2.24) is 19.6 Å². The molecule has 1 aliphatic heterocycles. The van der Waals surface area contributed by atoms with Crippen molar-refractivity contribution < 1.29 is 18.3 Å². The number of aromatic amines is 1. The Morgan fingerprint density at radius 2 is 2.14 bits per heavy atom. The van der Waals surface area contributed by atoms with Gasteiger partial charge in [0.1, 0.15) is 6.04 Å². The summed E-state index contributed by atoms with van der Waals surface area (Å²) in [6.45, 7) is 0.578. The van der Waals surface area contributed by atoms with Crippen LogP contribution in [0.25, 0.3) is 11.0 Å². The van der Waals surface area contributed by atoms with Crippen LogP contribution in [-0.4, -0.2) is 59.4 Å². The van der Waals surface area contributed by atoms with Crippen LogP contribution in [0.5, 0.6) is 0 Å². The number of H-pyrrole nitrogens is 1. The first-order valence-electron chi connectivity index (χ1n) is 6.40. The SMILES string of the molecule is O=C(O)C1CNCCN1S(=O)(=O)c1nc2ccccc2[nH]1. The van der Waals surface area contributed by atoms with Gasteiger partial charge in [-0.25, -0.2) is 13.4 Å². The molecule has 0 bridgehead atoms. The van der Waals surface area contributed by atoms with Crippen LogP contribution in [0.4, 0.5) is 0 Å². The van der Waals surface area contributed by atoms with Gasteiger partial charge in [0.25, 0.3) is 10.0 Å². The second kappa shape index (κ2) is 5.10. The molecular weight excluding hydrogens is 296 g/mol. The number of para-hydroxylation sites is 2. The second-order valence-corrected chi connectivity index (χ2v) is 6.54. The third-order valence-electron chi connectivity index (χ3n) is 3.40. The minimum absolute atomic E-state index is 0.0782. The minimum atomic E-state index is -3.97. The van der Waals surface area contributed by atoms with Crippen LogP contribution in [0, 0.1) is 0 Å². The molecule has 2 aromatic rings. The first-order chi connectivity index (χ1) is 10.00. The topological polar surface area (TPSA) is 115 Å². The van der Waals surface area contributed by atoms with Gasteiger partial charge in [-0.2, -0.15) is 4.31 Å². The molecule has 2 heterocycles. The number of imidazole rings is 1. The lowest BCUT2D eigenvalue weighted by Gasteiger charge is -2.31. The fraction of sp³-hybridized carbons (Fsp3) is 0.333. The predicted octanol–water partition coefficient (Wildman–Crippen LogP) is -0.390. The quantitative estimate of drug-likeness (QED) is 0.711. The van der Waals surface area contributed by atoms with E-state index in [0.717, 1.165) is 4.31 Å². The van der Waals surface area contributed by atoms with E-state index in [2.05, 4.69) is 15.3 Å². The lowest BCUT2D eigenvalue weighted by atomic mass is 10.2. The van der Waals surface area contributed by atoms with E-state index in [4.69, 9.17) is 0 Å². The highest BCUT2D eigenvalue weighted by molar-refractivity contribution is 7.89. The maximum Gasteiger partial charge on any atom is 0.323 e. The summed E-state index contributed by atoms with van der Waals surface area (Å²) in [5.41, 5.74) is 1.12. The highest BCUT2D eigenvalue weighted by Crippen LogP contribution is 2.20. The Kier molecular flexibility index (Phi) is 3.40. The van der Waals surface area contributed by atoms with Crippen LogP contribution in [0.1, 0.15) is 0 Å². The van der Waals surface area contributed by atoms with E-state index in [-0.39, 0.29) is 18.2 Å². The Hall–Kier alpha value is -1.97. The molecule has 8 nitrogen and oxygen atoms in total. The molecule has 1 aromatic carbocycles. The number of piperazine rings is 1. The third-order valence-corrected chi connectivity index (χ3v) is 5.14. The van der Waals surface area contributed by atoms with Crippen LogP contribution in [0.2, 0.25) is 0 Å². The summed E-state index contributed by atoms with van der Waals surface area (Å²) in [5.74, 6) is -1.18. The molecule has 0 aliphatic carbocycles. The molecule has 1 unspecified atom stereocenters. The van der Waals surface area contributed by atoms with Crippen LogP contribution < -0.4 is 5.32 Å². The van der Waals surface area contributed by atoms with Gasteiger partial charge in [0.2, 0.25) is 5.16 Å². The van der Waals surface area contributed by atoms with Gasteiger partial charge >= 0.3 is 5.97 Å². The number of carbonyl (C=O) groups is 1. The van der Waals surface area contributed by atoms with E-state index in [1.807, 2.05) is 0 Å². The number of hydrogen-bond acceptors (Lipinski definition) is 5. The number of hydrogen-bond donors (Lipinski definition) is 3. The van der Waals surface area contributed by atoms with Gasteiger partial charge in [-0.1, -0.05) is 12.1 Å². The fourth-order valence-corrected chi connectivity index (χ4v) is 3.85. The molecule has 0 saturated carbocycles. The molecule has 21 heavy (non-hydrogen) atoms. The molecule has 3 rings (SSSR count). The summed E-state index contributed by atoms with van der Waals surface area (Å²) in [6.07, 6.45) is 0. The predicted molar refractivity (Wildman–Crippen MR) is 74.3 cm³/mol. The molecule has 1 aliphatic rings. The number of benzene rings is 1. The Morgan fingerprint density at radius 1 is 1.38 bits per heavy atom. The summed E-state index contributed by atoms with van der Waals surface area (Å²) in [4.78, 5) is 18.0. The molecule has 9 heteroatoms. The Bertz CT molecular complexity index is 752. The van der Waals surface area contributed by atoms with Crippen molar-refractivity contribution in [3.05, 3.63) is 24.3 Å². The van der Waals surface area contributed by atoms with Crippen molar-refractivity contribution in [2.24, 2.45) is 0 Å². The van der Waals surface area contributed by atoms with E-state index < -0.39 is 22.0 Å². The van der Waals surface area contributed by atoms with Crippen LogP contribution >= 0.6 is 0 Å². The molecule has 112 valence electrons. The van der Waals surface area contributed by atoms with Gasteiger partial charge in [-0.05, 0) is 12.1 Å². The first-order valence-corrected chi connectivity index (χ1v) is 7.84. The van der Waals surface area contributed by atoms with Gasteiger partial charge in [-0.15, -0.1) is 0 Å². The molecule has 0 amide bonds. The van der Waals surface area contributed by atoms with Gasteiger partial charge in [-0.3, -0.25) is 4.79 Å². The van der Waals surface area contributed by atoms with Crippen molar-refractivity contribution in [3.63, 3.8) is 0 Å². The Balaban J connectivity index is 2.04. The molecule has 1 aromatic heterocycles. The lowest BCUT2D eigenvalue weighted by molar-refractivity contribution is -0.141. The van der Waals surface area contributed by atoms with Gasteiger partial charge in [0.05, 0.1) is 11.0 Å². The zero-order chi connectivity index (χ0) is 15.0.